The fourth-order valence-electron chi connectivity index (χ4n) is 4.27. The fourth-order valence-corrected chi connectivity index (χ4v) is 5.24. The van der Waals surface area contributed by atoms with E-state index in [4.69, 9.17) is 4.74 Å². The van der Waals surface area contributed by atoms with Gasteiger partial charge in [0, 0.05) is 16.9 Å². The molecule has 6 heteroatoms. The Balaban J connectivity index is 1.62. The van der Waals surface area contributed by atoms with Gasteiger partial charge in [0.05, 0.1) is 13.2 Å². The average Bonchev–Trinajstić information content (AvgIpc) is 3.38. The molecule has 1 aliphatic rings. The summed E-state index contributed by atoms with van der Waals surface area (Å²) in [6.45, 7) is 2.14. The number of hydrogen-bond acceptors (Lipinski definition) is 6. The Morgan fingerprint density at radius 2 is 1.91 bits per heavy atom. The zero-order valence-electron chi connectivity index (χ0n) is 18.8. The molecule has 5 nitrogen and oxygen atoms in total. The lowest BCUT2D eigenvalue weighted by Crippen LogP contribution is -2.02. The summed E-state index contributed by atoms with van der Waals surface area (Å²) in [5.41, 5.74) is 2.42. The number of esters is 1. The standard InChI is InChI=1S/C26H32O5S/c1-3-4-5-9-21(27)17-10-12-18(13-11-17)24-19(16-22(28)25(24)29)7-6-8-20-14-15-23(32-20)26(30)31-2/h10-15,19,21,27,29H,3-9,16H2,1-2H3/t19?,21-/m0/s1. The highest BCUT2D eigenvalue weighted by molar-refractivity contribution is 7.13. The highest BCUT2D eigenvalue weighted by Crippen LogP contribution is 2.39. The predicted molar refractivity (Wildman–Crippen MR) is 127 cm³/mol. The quantitative estimate of drug-likeness (QED) is 0.319. The van der Waals surface area contributed by atoms with Gasteiger partial charge in [-0.1, -0.05) is 50.5 Å². The highest BCUT2D eigenvalue weighted by atomic mass is 32.1. The topological polar surface area (TPSA) is 83.8 Å². The number of aliphatic hydroxyl groups is 2. The molecule has 0 saturated heterocycles. The number of unbranched alkanes of at least 4 members (excludes halogenated alkanes) is 2. The van der Waals surface area contributed by atoms with Crippen molar-refractivity contribution in [3.05, 3.63) is 63.0 Å². The van der Waals surface area contributed by atoms with Crippen molar-refractivity contribution in [2.24, 2.45) is 5.92 Å². The van der Waals surface area contributed by atoms with Crippen molar-refractivity contribution in [2.75, 3.05) is 7.11 Å². The maximum atomic E-state index is 12.2. The lowest BCUT2D eigenvalue weighted by molar-refractivity contribution is -0.117. The van der Waals surface area contributed by atoms with E-state index >= 15 is 0 Å². The highest BCUT2D eigenvalue weighted by Gasteiger charge is 2.32. The molecular weight excluding hydrogens is 424 g/mol. The summed E-state index contributed by atoms with van der Waals surface area (Å²) in [6.07, 6.45) is 6.23. The minimum absolute atomic E-state index is 0.0251. The number of aliphatic hydroxyl groups excluding tert-OH is 2. The van der Waals surface area contributed by atoms with Crippen LogP contribution in [-0.2, 0) is 16.0 Å². The molecule has 1 unspecified atom stereocenters. The van der Waals surface area contributed by atoms with Gasteiger partial charge >= 0.3 is 5.97 Å². The van der Waals surface area contributed by atoms with Crippen molar-refractivity contribution in [2.45, 2.75) is 64.4 Å². The number of carbonyl (C=O) groups excluding carboxylic acids is 2. The third-order valence-electron chi connectivity index (χ3n) is 6.07. The molecule has 172 valence electrons. The first kappa shape index (κ1) is 24.2. The smallest absolute Gasteiger partial charge is 0.348 e. The number of ketones is 1. The van der Waals surface area contributed by atoms with E-state index in [0.717, 1.165) is 60.9 Å². The number of carbonyl (C=O) groups is 2. The van der Waals surface area contributed by atoms with Crippen LogP contribution in [0.3, 0.4) is 0 Å². The first-order valence-corrected chi connectivity index (χ1v) is 12.2. The number of thiophene rings is 1. The zero-order chi connectivity index (χ0) is 23.1. The molecule has 0 saturated carbocycles. The number of ether oxygens (including phenoxy) is 1. The molecule has 0 radical (unpaired) electrons. The van der Waals surface area contributed by atoms with Crippen molar-refractivity contribution >= 4 is 28.7 Å². The van der Waals surface area contributed by atoms with Crippen LogP contribution in [0.5, 0.6) is 0 Å². The van der Waals surface area contributed by atoms with Crippen molar-refractivity contribution in [3.8, 4) is 0 Å². The molecule has 0 spiro atoms. The number of Topliss-reactive ketones (excluding diaryl/α,β-unsaturated/α-hetero) is 1. The minimum Gasteiger partial charge on any atom is -0.504 e. The van der Waals surface area contributed by atoms with Gasteiger partial charge in [-0.05, 0) is 54.9 Å². The average molecular weight is 457 g/mol. The SMILES string of the molecule is CCCCC[C@H](O)c1ccc(C2=C(O)C(=O)CC2CCCc2ccc(C(=O)OC)s2)cc1. The Kier molecular flexibility index (Phi) is 8.65. The van der Waals surface area contributed by atoms with Crippen LogP contribution in [0.25, 0.3) is 5.57 Å². The Hall–Kier alpha value is -2.44. The van der Waals surface area contributed by atoms with Gasteiger partial charge in [0.1, 0.15) is 4.88 Å². The van der Waals surface area contributed by atoms with E-state index in [2.05, 4.69) is 6.92 Å². The number of rotatable bonds is 11. The van der Waals surface area contributed by atoms with E-state index in [1.807, 2.05) is 30.3 Å². The van der Waals surface area contributed by atoms with Crippen molar-refractivity contribution in [1.29, 1.82) is 0 Å². The Labute approximate surface area is 193 Å². The van der Waals surface area contributed by atoms with Crippen LogP contribution >= 0.6 is 11.3 Å². The third kappa shape index (κ3) is 5.87. The molecule has 0 bridgehead atoms. The largest absolute Gasteiger partial charge is 0.504 e. The Bertz CT molecular complexity index is 957. The minimum atomic E-state index is -0.486. The second kappa shape index (κ2) is 11.4. The van der Waals surface area contributed by atoms with Crippen molar-refractivity contribution < 1.29 is 24.5 Å². The van der Waals surface area contributed by atoms with Crippen LogP contribution in [0.2, 0.25) is 0 Å². The normalized spacial score (nSPS) is 17.1. The lowest BCUT2D eigenvalue weighted by Gasteiger charge is -2.16. The predicted octanol–water partition coefficient (Wildman–Crippen LogP) is 6.03. The molecule has 32 heavy (non-hydrogen) atoms. The zero-order valence-corrected chi connectivity index (χ0v) is 19.6. The Morgan fingerprint density at radius 1 is 1.16 bits per heavy atom. The van der Waals surface area contributed by atoms with Crippen LogP contribution in [0.4, 0.5) is 0 Å². The van der Waals surface area contributed by atoms with Crippen LogP contribution in [0.1, 0.15) is 83.6 Å². The van der Waals surface area contributed by atoms with E-state index < -0.39 is 6.10 Å². The van der Waals surface area contributed by atoms with Gasteiger partial charge in [-0.3, -0.25) is 4.79 Å². The second-order valence-corrected chi connectivity index (χ2v) is 9.54. The van der Waals surface area contributed by atoms with Gasteiger partial charge < -0.3 is 14.9 Å². The van der Waals surface area contributed by atoms with Crippen LogP contribution in [-0.4, -0.2) is 29.1 Å². The van der Waals surface area contributed by atoms with E-state index in [9.17, 15) is 19.8 Å². The summed E-state index contributed by atoms with van der Waals surface area (Å²) < 4.78 is 4.75. The van der Waals surface area contributed by atoms with E-state index in [-0.39, 0.29) is 23.4 Å². The summed E-state index contributed by atoms with van der Waals surface area (Å²) in [4.78, 5) is 25.5. The fraction of sp³-hybridized carbons (Fsp3) is 0.462. The molecule has 1 aromatic heterocycles. The number of aryl methyl sites for hydroxylation is 1. The molecular formula is C26H32O5S. The molecule has 0 fully saturated rings. The number of hydrogen-bond donors (Lipinski definition) is 2. The molecule has 0 amide bonds. The molecule has 0 aliphatic heterocycles. The third-order valence-corrected chi connectivity index (χ3v) is 7.20. The lowest BCUT2D eigenvalue weighted by atomic mass is 9.89. The van der Waals surface area contributed by atoms with Gasteiger partial charge in [-0.15, -0.1) is 11.3 Å². The van der Waals surface area contributed by atoms with Crippen molar-refractivity contribution in [1.82, 2.24) is 0 Å². The molecule has 2 aromatic rings. The van der Waals surface area contributed by atoms with Gasteiger partial charge in [-0.2, -0.15) is 0 Å². The first-order valence-electron chi connectivity index (χ1n) is 11.4. The number of methoxy groups -OCH3 is 1. The molecule has 3 rings (SSSR count). The Morgan fingerprint density at radius 3 is 2.59 bits per heavy atom. The molecule has 1 aromatic carbocycles. The molecule has 2 atom stereocenters. The number of allylic oxidation sites excluding steroid dienone is 2. The summed E-state index contributed by atoms with van der Waals surface area (Å²) >= 11 is 1.43. The summed E-state index contributed by atoms with van der Waals surface area (Å²) in [5, 5.41) is 20.8. The second-order valence-electron chi connectivity index (χ2n) is 8.37. The van der Waals surface area contributed by atoms with E-state index in [1.165, 1.54) is 18.4 Å². The van der Waals surface area contributed by atoms with Gasteiger partial charge in [0.2, 0.25) is 0 Å². The summed E-state index contributed by atoms with van der Waals surface area (Å²) in [6, 6.07) is 11.3. The van der Waals surface area contributed by atoms with Gasteiger partial charge in [0.15, 0.2) is 11.5 Å². The monoisotopic (exact) mass is 456 g/mol. The maximum absolute atomic E-state index is 12.2. The summed E-state index contributed by atoms with van der Waals surface area (Å²) in [7, 11) is 1.37. The molecule has 2 N–H and O–H groups in total. The maximum Gasteiger partial charge on any atom is 0.348 e. The van der Waals surface area contributed by atoms with Crippen LogP contribution < -0.4 is 0 Å². The van der Waals surface area contributed by atoms with Gasteiger partial charge in [-0.25, -0.2) is 4.79 Å². The van der Waals surface area contributed by atoms with E-state index in [1.54, 1.807) is 6.07 Å². The summed E-state index contributed by atoms with van der Waals surface area (Å²) in [5.74, 6) is -0.687. The number of benzene rings is 1. The van der Waals surface area contributed by atoms with Crippen LogP contribution in [0.15, 0.2) is 42.2 Å². The van der Waals surface area contributed by atoms with E-state index in [0.29, 0.717) is 16.9 Å². The molecule has 1 aliphatic carbocycles. The van der Waals surface area contributed by atoms with Crippen LogP contribution in [0, 0.1) is 5.92 Å². The molecule has 1 heterocycles. The van der Waals surface area contributed by atoms with Gasteiger partial charge in [0.25, 0.3) is 0 Å². The first-order chi connectivity index (χ1) is 15.4. The van der Waals surface area contributed by atoms with Crippen molar-refractivity contribution in [3.63, 3.8) is 0 Å².